The average molecular weight is 418 g/mol. The van der Waals surface area contributed by atoms with E-state index in [9.17, 15) is 19.8 Å². The Labute approximate surface area is 176 Å². The van der Waals surface area contributed by atoms with Gasteiger partial charge in [-0.2, -0.15) is 0 Å². The third-order valence-corrected chi connectivity index (χ3v) is 7.42. The molecule has 5 unspecified atom stereocenters. The summed E-state index contributed by atoms with van der Waals surface area (Å²) in [6.07, 6.45) is 6.51. The van der Waals surface area contributed by atoms with Crippen molar-refractivity contribution in [2.75, 3.05) is 7.05 Å². The highest BCUT2D eigenvalue weighted by Gasteiger charge is 2.57. The predicted octanol–water partition coefficient (Wildman–Crippen LogP) is 2.52. The molecule has 0 amide bonds. The van der Waals surface area contributed by atoms with E-state index in [-0.39, 0.29) is 17.6 Å². The number of phenols is 1. The van der Waals surface area contributed by atoms with E-state index in [0.717, 1.165) is 12.8 Å². The van der Waals surface area contributed by atoms with Gasteiger partial charge in [-0.15, -0.1) is 0 Å². The fourth-order valence-electron chi connectivity index (χ4n) is 6.25. The van der Waals surface area contributed by atoms with Crippen molar-refractivity contribution in [3.05, 3.63) is 41.5 Å². The zero-order valence-electron chi connectivity index (χ0n) is 17.4. The van der Waals surface area contributed by atoms with Crippen molar-refractivity contribution in [2.24, 2.45) is 17.3 Å². The number of likely N-dealkylation sites (N-methyl/N-ethyl adjacent to an activating group) is 1. The van der Waals surface area contributed by atoms with Gasteiger partial charge in [0, 0.05) is 18.2 Å². The first kappa shape index (κ1) is 22.3. The predicted molar refractivity (Wildman–Crippen MR) is 111 cm³/mol. The molecule has 1 aromatic rings. The molecule has 5 N–H and O–H groups in total. The molecule has 0 aliphatic heterocycles. The van der Waals surface area contributed by atoms with Crippen molar-refractivity contribution in [3.8, 4) is 5.75 Å². The van der Waals surface area contributed by atoms with Gasteiger partial charge < -0.3 is 25.7 Å². The zero-order chi connectivity index (χ0) is 22.1. The summed E-state index contributed by atoms with van der Waals surface area (Å²) in [5.41, 5.74) is 3.02. The van der Waals surface area contributed by atoms with Gasteiger partial charge in [-0.25, -0.2) is 9.59 Å². The second kappa shape index (κ2) is 8.78. The number of rotatable bonds is 3. The summed E-state index contributed by atoms with van der Waals surface area (Å²) in [6.45, 7) is 2.39. The monoisotopic (exact) mass is 417 g/mol. The number of aliphatic hydroxyl groups excluding tert-OH is 1. The molecule has 2 saturated carbocycles. The number of benzene rings is 1. The molecule has 0 bridgehead atoms. The summed E-state index contributed by atoms with van der Waals surface area (Å²) < 4.78 is 0. The van der Waals surface area contributed by atoms with E-state index >= 15 is 0 Å². The van der Waals surface area contributed by atoms with Crippen molar-refractivity contribution in [1.82, 2.24) is 5.32 Å². The summed E-state index contributed by atoms with van der Waals surface area (Å²) in [5.74, 6) is -0.209. The second-order valence-corrected chi connectivity index (χ2v) is 8.92. The molecule has 0 radical (unpaired) electrons. The zero-order valence-corrected chi connectivity index (χ0v) is 17.4. The number of hydrogen-bond donors (Lipinski definition) is 5. The second-order valence-electron chi connectivity index (χ2n) is 8.92. The van der Waals surface area contributed by atoms with Gasteiger partial charge in [0.1, 0.15) is 5.75 Å². The Morgan fingerprint density at radius 3 is 2.43 bits per heavy atom. The van der Waals surface area contributed by atoms with Gasteiger partial charge in [0.15, 0.2) is 0 Å². The number of carboxylic acid groups (broad SMARTS) is 2. The Morgan fingerprint density at radius 2 is 1.83 bits per heavy atom. The van der Waals surface area contributed by atoms with Crippen molar-refractivity contribution in [3.63, 3.8) is 0 Å². The van der Waals surface area contributed by atoms with Crippen LogP contribution in [0.15, 0.2) is 30.4 Å². The molecule has 3 aliphatic carbocycles. The quantitative estimate of drug-likeness (QED) is 0.478. The van der Waals surface area contributed by atoms with E-state index < -0.39 is 11.9 Å². The fourth-order valence-corrected chi connectivity index (χ4v) is 6.25. The number of fused-ring (bicyclic) bond motifs is 5. The summed E-state index contributed by atoms with van der Waals surface area (Å²) in [6, 6.07) is 6.18. The number of hydrogen-bond acceptors (Lipinski definition) is 5. The molecule has 0 saturated heterocycles. The lowest BCUT2D eigenvalue weighted by molar-refractivity contribution is -0.134. The van der Waals surface area contributed by atoms with Crippen LogP contribution in [0.2, 0.25) is 0 Å². The molecule has 4 rings (SSSR count). The summed E-state index contributed by atoms with van der Waals surface area (Å²) in [4.78, 5) is 19.1. The fraction of sp³-hybridized carbons (Fsp3) is 0.565. The summed E-state index contributed by atoms with van der Waals surface area (Å²) in [5, 5.41) is 39.3. The number of aryl methyl sites for hydroxylation is 1. The molecule has 1 aromatic carbocycles. The number of carbonyl (C=O) groups is 2. The van der Waals surface area contributed by atoms with Crippen LogP contribution in [-0.2, 0) is 16.0 Å². The molecule has 0 spiro atoms. The van der Waals surface area contributed by atoms with Crippen LogP contribution in [0.5, 0.6) is 5.75 Å². The lowest BCUT2D eigenvalue weighted by Gasteiger charge is -2.50. The molecular formula is C23H31NO6. The Morgan fingerprint density at radius 1 is 1.17 bits per heavy atom. The van der Waals surface area contributed by atoms with Gasteiger partial charge >= 0.3 is 11.9 Å². The highest BCUT2D eigenvalue weighted by Crippen LogP contribution is 2.60. The Balaban J connectivity index is 0.000000275. The van der Waals surface area contributed by atoms with Gasteiger partial charge in [-0.3, -0.25) is 0 Å². The van der Waals surface area contributed by atoms with Crippen molar-refractivity contribution >= 4 is 11.9 Å². The van der Waals surface area contributed by atoms with Crippen molar-refractivity contribution in [2.45, 2.75) is 57.1 Å². The van der Waals surface area contributed by atoms with Gasteiger partial charge in [-0.05, 0) is 85.6 Å². The van der Waals surface area contributed by atoms with E-state index in [1.54, 1.807) is 0 Å². The van der Waals surface area contributed by atoms with E-state index in [2.05, 4.69) is 18.3 Å². The molecule has 0 aromatic heterocycles. The molecule has 30 heavy (non-hydrogen) atoms. The minimum Gasteiger partial charge on any atom is -0.508 e. The van der Waals surface area contributed by atoms with Crippen LogP contribution in [-0.4, -0.2) is 51.6 Å². The topological polar surface area (TPSA) is 127 Å². The SMILES string of the molecule is CNC1[C@H](O)CC2C3CCc4cc(O)ccc4C3CCC21C.O=C(O)/C=C\C(=O)O. The maximum absolute atomic E-state index is 10.5. The first-order valence-corrected chi connectivity index (χ1v) is 10.5. The van der Waals surface area contributed by atoms with Crippen LogP contribution in [0.1, 0.15) is 49.7 Å². The number of aliphatic carboxylic acids is 2. The van der Waals surface area contributed by atoms with Crippen LogP contribution in [0.4, 0.5) is 0 Å². The molecule has 0 heterocycles. The maximum atomic E-state index is 10.5. The number of aliphatic hydroxyl groups is 1. The Bertz CT molecular complexity index is 821. The third-order valence-electron chi connectivity index (χ3n) is 7.42. The largest absolute Gasteiger partial charge is 0.508 e. The van der Waals surface area contributed by atoms with Crippen LogP contribution in [0, 0.1) is 17.3 Å². The van der Waals surface area contributed by atoms with E-state index in [4.69, 9.17) is 10.2 Å². The highest BCUT2D eigenvalue weighted by molar-refractivity contribution is 5.89. The lowest BCUT2D eigenvalue weighted by Crippen LogP contribution is -2.49. The van der Waals surface area contributed by atoms with Gasteiger partial charge in [0.05, 0.1) is 6.10 Å². The first-order valence-electron chi connectivity index (χ1n) is 10.5. The first-order chi connectivity index (χ1) is 14.2. The Hall–Kier alpha value is -2.38. The van der Waals surface area contributed by atoms with Crippen LogP contribution < -0.4 is 5.32 Å². The lowest BCUT2D eigenvalue weighted by atomic mass is 9.55. The van der Waals surface area contributed by atoms with E-state index in [1.807, 2.05) is 19.2 Å². The molecule has 7 heteroatoms. The van der Waals surface area contributed by atoms with Gasteiger partial charge in [-0.1, -0.05) is 13.0 Å². The number of phenolic OH excluding ortho intramolecular Hbond substituents is 1. The molecule has 3 aliphatic rings. The van der Waals surface area contributed by atoms with Crippen molar-refractivity contribution in [1.29, 1.82) is 0 Å². The number of nitrogens with one attached hydrogen (secondary N) is 1. The normalized spacial score (nSPS) is 34.3. The highest BCUT2D eigenvalue weighted by atomic mass is 16.4. The average Bonchev–Trinajstić information content (AvgIpc) is 2.95. The van der Waals surface area contributed by atoms with Gasteiger partial charge in [0.2, 0.25) is 0 Å². The van der Waals surface area contributed by atoms with Crippen LogP contribution in [0.3, 0.4) is 0 Å². The minimum absolute atomic E-state index is 0.208. The van der Waals surface area contributed by atoms with E-state index in [1.165, 1.54) is 30.4 Å². The summed E-state index contributed by atoms with van der Waals surface area (Å²) in [7, 11) is 1.99. The third kappa shape index (κ3) is 4.23. The maximum Gasteiger partial charge on any atom is 0.328 e. The number of carboxylic acids is 2. The molecule has 6 atom stereocenters. The molecular weight excluding hydrogens is 386 g/mol. The number of aromatic hydroxyl groups is 1. The van der Waals surface area contributed by atoms with Crippen LogP contribution in [0.25, 0.3) is 0 Å². The van der Waals surface area contributed by atoms with Crippen molar-refractivity contribution < 1.29 is 30.0 Å². The smallest absolute Gasteiger partial charge is 0.328 e. The van der Waals surface area contributed by atoms with Gasteiger partial charge in [0.25, 0.3) is 0 Å². The minimum atomic E-state index is -1.26. The van der Waals surface area contributed by atoms with E-state index in [0.29, 0.717) is 35.7 Å². The molecule has 2 fully saturated rings. The van der Waals surface area contributed by atoms with Crippen LogP contribution >= 0.6 is 0 Å². The molecule has 7 nitrogen and oxygen atoms in total. The Kier molecular flexibility index (Phi) is 6.53. The summed E-state index contributed by atoms with van der Waals surface area (Å²) >= 11 is 0. The molecule has 164 valence electrons. The standard InChI is InChI=1S/C19H27NO2.C4H4O4/c1-19-8-7-14-13-6-4-12(21)9-11(13)3-5-15(14)16(19)10-17(22)18(19)20-2;5-3(6)1-2-4(7)8/h4,6,9,14-18,20-22H,3,5,7-8,10H2,1-2H3;1-2H,(H,5,6)(H,7,8)/b;2-1-/t14?,15?,16?,17-,18?,19?;/m1./s1.